The Kier molecular flexibility index (Phi) is 4.48. The van der Waals surface area contributed by atoms with Gasteiger partial charge in [-0.1, -0.05) is 54.6 Å². The van der Waals surface area contributed by atoms with Gasteiger partial charge in [0.25, 0.3) is 5.91 Å². The van der Waals surface area contributed by atoms with Crippen LogP contribution in [0.3, 0.4) is 0 Å². The van der Waals surface area contributed by atoms with Gasteiger partial charge in [0.1, 0.15) is 0 Å². The highest BCUT2D eigenvalue weighted by Gasteiger charge is 2.33. The molecule has 0 spiro atoms. The maximum Gasteiger partial charge on any atom is 0.255 e. The normalized spacial score (nSPS) is 19.5. The van der Waals surface area contributed by atoms with Crippen LogP contribution in [0, 0.1) is 0 Å². The molecule has 3 aromatic rings. The van der Waals surface area contributed by atoms with Gasteiger partial charge in [-0.2, -0.15) is 10.2 Å². The van der Waals surface area contributed by atoms with Gasteiger partial charge in [0.2, 0.25) is 0 Å². The average molecular weight is 343 g/mol. The van der Waals surface area contributed by atoms with Crippen LogP contribution in [0.15, 0.2) is 73.1 Å². The summed E-state index contributed by atoms with van der Waals surface area (Å²) in [5.74, 6) is 0.162. The van der Waals surface area contributed by atoms with Crippen LogP contribution < -0.4 is 0 Å². The van der Waals surface area contributed by atoms with Crippen molar-refractivity contribution in [1.82, 2.24) is 15.1 Å². The van der Waals surface area contributed by atoms with Gasteiger partial charge in [0.05, 0.1) is 18.0 Å². The molecule has 1 aromatic heterocycles. The minimum atomic E-state index is 0.0149. The van der Waals surface area contributed by atoms with Crippen molar-refractivity contribution in [3.05, 3.63) is 95.3 Å². The topological polar surface area (TPSA) is 46.1 Å². The second-order valence-electron chi connectivity index (χ2n) is 6.71. The van der Waals surface area contributed by atoms with Crippen LogP contribution in [0.4, 0.5) is 0 Å². The molecule has 130 valence electrons. The van der Waals surface area contributed by atoms with E-state index in [2.05, 4.69) is 65.7 Å². The van der Waals surface area contributed by atoms with Crippen LogP contribution in [0.2, 0.25) is 0 Å². The molecule has 1 amide bonds. The van der Waals surface area contributed by atoms with E-state index in [4.69, 9.17) is 0 Å². The predicted octanol–water partition coefficient (Wildman–Crippen LogP) is 3.70. The molecule has 4 rings (SSSR count). The Hall–Kier alpha value is -3.01. The summed E-state index contributed by atoms with van der Waals surface area (Å²) >= 11 is 0. The van der Waals surface area contributed by atoms with Gasteiger partial charge in [-0.15, -0.1) is 0 Å². The van der Waals surface area contributed by atoms with Gasteiger partial charge < -0.3 is 4.90 Å². The highest BCUT2D eigenvalue weighted by atomic mass is 16.2. The third-order valence-corrected chi connectivity index (χ3v) is 5.24. The highest BCUT2D eigenvalue weighted by molar-refractivity contribution is 5.94. The second kappa shape index (κ2) is 7.08. The fourth-order valence-electron chi connectivity index (χ4n) is 3.94. The summed E-state index contributed by atoms with van der Waals surface area (Å²) in [6, 6.07) is 20.8. The predicted molar refractivity (Wildman–Crippen MR) is 101 cm³/mol. The Morgan fingerprint density at radius 2 is 1.77 bits per heavy atom. The number of benzene rings is 2. The van der Waals surface area contributed by atoms with E-state index < -0.39 is 0 Å². The number of amides is 1. The maximum absolute atomic E-state index is 13.1. The summed E-state index contributed by atoms with van der Waals surface area (Å²) in [6.07, 6.45) is 3.97. The lowest BCUT2D eigenvalue weighted by Gasteiger charge is -2.33. The van der Waals surface area contributed by atoms with E-state index in [1.807, 2.05) is 11.0 Å². The summed E-state index contributed by atoms with van der Waals surface area (Å²) in [5.41, 5.74) is 4.45. The van der Waals surface area contributed by atoms with Crippen LogP contribution in [0.1, 0.15) is 39.9 Å². The summed E-state index contributed by atoms with van der Waals surface area (Å²) in [4.78, 5) is 15.1. The van der Waals surface area contributed by atoms with Crippen molar-refractivity contribution in [1.29, 1.82) is 0 Å². The van der Waals surface area contributed by atoms with Crippen molar-refractivity contribution in [3.63, 3.8) is 0 Å². The third kappa shape index (κ3) is 2.99. The Morgan fingerprint density at radius 1 is 1.00 bits per heavy atom. The fraction of sp³-hybridized carbons (Fsp3) is 0.227. The molecule has 0 radical (unpaired) electrons. The maximum atomic E-state index is 13.1. The van der Waals surface area contributed by atoms with Gasteiger partial charge in [-0.3, -0.25) is 4.79 Å². The summed E-state index contributed by atoms with van der Waals surface area (Å²) in [7, 11) is 0. The first-order chi connectivity index (χ1) is 12.8. The molecule has 1 aliphatic heterocycles. The molecule has 4 heteroatoms. The van der Waals surface area contributed by atoms with Gasteiger partial charge in [-0.25, -0.2) is 0 Å². The van der Waals surface area contributed by atoms with E-state index in [9.17, 15) is 4.79 Å². The Balaban J connectivity index is 1.78. The standard InChI is InChI=1S/C22H21N3O/c1-16-21(18-8-3-2-4-9-18)20-10-6-5-7-17(20)12-14-25(16)22(26)19-11-13-23-24-15-19/h2-11,13,15-16,21H,12,14H2,1H3/t16-,21-/m1/s1. The Morgan fingerprint density at radius 3 is 2.54 bits per heavy atom. The monoisotopic (exact) mass is 343 g/mol. The number of fused-ring (bicyclic) bond motifs is 1. The molecule has 4 nitrogen and oxygen atoms in total. The highest BCUT2D eigenvalue weighted by Crippen LogP contribution is 2.36. The van der Waals surface area contributed by atoms with Crippen molar-refractivity contribution < 1.29 is 4.79 Å². The van der Waals surface area contributed by atoms with Crippen molar-refractivity contribution in [2.24, 2.45) is 0 Å². The molecule has 1 aliphatic rings. The molecule has 2 aromatic carbocycles. The van der Waals surface area contributed by atoms with Gasteiger partial charge in [0, 0.05) is 18.5 Å². The van der Waals surface area contributed by atoms with Crippen LogP contribution in [0.5, 0.6) is 0 Å². The molecule has 0 saturated carbocycles. The minimum Gasteiger partial charge on any atom is -0.335 e. The van der Waals surface area contributed by atoms with E-state index in [0.717, 1.165) is 6.42 Å². The Labute approximate surface area is 153 Å². The number of rotatable bonds is 2. The van der Waals surface area contributed by atoms with Crippen molar-refractivity contribution >= 4 is 5.91 Å². The number of carbonyl (C=O) groups excluding carboxylic acids is 1. The largest absolute Gasteiger partial charge is 0.335 e. The van der Waals surface area contributed by atoms with Gasteiger partial charge >= 0.3 is 0 Å². The number of hydrogen-bond donors (Lipinski definition) is 0. The molecular formula is C22H21N3O. The Bertz CT molecular complexity index is 896. The molecule has 0 saturated heterocycles. The average Bonchev–Trinajstić information content (AvgIpc) is 2.85. The van der Waals surface area contributed by atoms with Gasteiger partial charge in [-0.05, 0) is 36.1 Å². The zero-order chi connectivity index (χ0) is 17.9. The zero-order valence-corrected chi connectivity index (χ0v) is 14.7. The van der Waals surface area contributed by atoms with E-state index in [1.54, 1.807) is 18.5 Å². The van der Waals surface area contributed by atoms with Crippen LogP contribution >= 0.6 is 0 Å². The number of carbonyl (C=O) groups is 1. The minimum absolute atomic E-state index is 0.0149. The molecule has 26 heavy (non-hydrogen) atoms. The van der Waals surface area contributed by atoms with E-state index in [1.165, 1.54) is 16.7 Å². The lowest BCUT2D eigenvalue weighted by Crippen LogP contribution is -2.42. The van der Waals surface area contributed by atoms with Crippen molar-refractivity contribution in [3.8, 4) is 0 Å². The molecule has 0 unspecified atom stereocenters. The molecule has 0 bridgehead atoms. The van der Waals surface area contributed by atoms with Gasteiger partial charge in [0.15, 0.2) is 0 Å². The first-order valence-electron chi connectivity index (χ1n) is 8.96. The van der Waals surface area contributed by atoms with Crippen molar-refractivity contribution in [2.45, 2.75) is 25.3 Å². The van der Waals surface area contributed by atoms with Crippen LogP contribution in [-0.2, 0) is 6.42 Å². The SMILES string of the molecule is C[C@@H]1[C@H](c2ccccc2)c2ccccc2CCN1C(=O)c1ccnnc1. The lowest BCUT2D eigenvalue weighted by molar-refractivity contribution is 0.0687. The molecule has 0 aliphatic carbocycles. The lowest BCUT2D eigenvalue weighted by atomic mass is 9.83. The number of hydrogen-bond acceptors (Lipinski definition) is 3. The zero-order valence-electron chi connectivity index (χ0n) is 14.7. The first kappa shape index (κ1) is 16.5. The third-order valence-electron chi connectivity index (χ3n) is 5.24. The molecule has 2 heterocycles. The number of nitrogens with zero attached hydrogens (tertiary/aromatic N) is 3. The van der Waals surface area contributed by atoms with E-state index in [0.29, 0.717) is 12.1 Å². The summed E-state index contributed by atoms with van der Waals surface area (Å²) in [6.45, 7) is 2.84. The quantitative estimate of drug-likeness (QED) is 0.713. The smallest absolute Gasteiger partial charge is 0.255 e. The first-order valence-corrected chi connectivity index (χ1v) is 8.96. The second-order valence-corrected chi connectivity index (χ2v) is 6.71. The molecule has 0 N–H and O–H groups in total. The van der Waals surface area contributed by atoms with Crippen molar-refractivity contribution in [2.75, 3.05) is 6.54 Å². The fourth-order valence-corrected chi connectivity index (χ4v) is 3.94. The van der Waals surface area contributed by atoms with E-state index >= 15 is 0 Å². The van der Waals surface area contributed by atoms with Crippen LogP contribution in [0.25, 0.3) is 0 Å². The van der Waals surface area contributed by atoms with Crippen LogP contribution in [-0.4, -0.2) is 33.6 Å². The molecule has 0 fully saturated rings. The summed E-state index contributed by atoms with van der Waals surface area (Å²) in [5, 5.41) is 7.65. The number of aromatic nitrogens is 2. The summed E-state index contributed by atoms with van der Waals surface area (Å²) < 4.78 is 0. The van der Waals surface area contributed by atoms with E-state index in [-0.39, 0.29) is 17.9 Å². The molecule has 2 atom stereocenters. The molecular weight excluding hydrogens is 322 g/mol.